The van der Waals surface area contributed by atoms with Crippen molar-refractivity contribution in [2.45, 2.75) is 66.0 Å². The number of hydrogen-bond donors (Lipinski definition) is 0. The Labute approximate surface area is 163 Å². The summed E-state index contributed by atoms with van der Waals surface area (Å²) >= 11 is 0. The van der Waals surface area contributed by atoms with Crippen LogP contribution in [-0.2, 0) is 4.74 Å². The van der Waals surface area contributed by atoms with Gasteiger partial charge in [0.25, 0.3) is 5.91 Å². The van der Waals surface area contributed by atoms with E-state index in [1.165, 1.54) is 0 Å². The zero-order valence-electron chi connectivity index (χ0n) is 17.6. The molecule has 1 saturated heterocycles. The maximum Gasteiger partial charge on any atom is 0.410 e. The number of aryl methyl sites for hydroxylation is 1. The lowest BCUT2D eigenvalue weighted by atomic mass is 9.96. The quantitative estimate of drug-likeness (QED) is 0.780. The van der Waals surface area contributed by atoms with E-state index in [1.807, 2.05) is 70.7 Å². The second kappa shape index (κ2) is 8.77. The standard InChI is InChI=1S/C22H34N2O3/c1-16(2)24(21(26)27-22(4,5)6)15-18-11-9-13-23(14-18)20(25)19-12-8-7-10-17(19)3/h7-8,10,12,16,18H,9,11,13-15H2,1-6H3. The van der Waals surface area contributed by atoms with Gasteiger partial charge in [-0.2, -0.15) is 0 Å². The maximum absolute atomic E-state index is 12.9. The Morgan fingerprint density at radius 1 is 1.26 bits per heavy atom. The van der Waals surface area contributed by atoms with Crippen LogP contribution in [0.15, 0.2) is 24.3 Å². The normalized spacial score (nSPS) is 17.7. The van der Waals surface area contributed by atoms with Crippen LogP contribution in [0.2, 0.25) is 0 Å². The van der Waals surface area contributed by atoms with Crippen molar-refractivity contribution in [2.24, 2.45) is 5.92 Å². The first kappa shape index (κ1) is 21.3. The summed E-state index contributed by atoms with van der Waals surface area (Å²) in [4.78, 5) is 29.2. The SMILES string of the molecule is Cc1ccccc1C(=O)N1CCCC(CN(C(=O)OC(C)(C)C)C(C)C)C1. The van der Waals surface area contributed by atoms with Gasteiger partial charge in [-0.05, 0) is 71.9 Å². The molecule has 5 nitrogen and oxygen atoms in total. The molecule has 5 heteroatoms. The molecule has 0 radical (unpaired) electrons. The second-order valence-electron chi connectivity index (χ2n) is 8.80. The van der Waals surface area contributed by atoms with Crippen LogP contribution in [0.5, 0.6) is 0 Å². The molecule has 2 amide bonds. The number of piperidine rings is 1. The van der Waals surface area contributed by atoms with Crippen LogP contribution < -0.4 is 0 Å². The van der Waals surface area contributed by atoms with Gasteiger partial charge in [-0.25, -0.2) is 4.79 Å². The number of carbonyl (C=O) groups is 2. The average molecular weight is 375 g/mol. The van der Waals surface area contributed by atoms with Crippen molar-refractivity contribution in [3.05, 3.63) is 35.4 Å². The van der Waals surface area contributed by atoms with Gasteiger partial charge in [0, 0.05) is 31.2 Å². The minimum Gasteiger partial charge on any atom is -0.444 e. The number of carbonyl (C=O) groups excluding carboxylic acids is 2. The molecule has 1 fully saturated rings. The van der Waals surface area contributed by atoms with E-state index in [9.17, 15) is 9.59 Å². The number of benzene rings is 1. The molecule has 1 unspecified atom stereocenters. The third-order valence-corrected chi connectivity index (χ3v) is 4.89. The molecule has 1 heterocycles. The van der Waals surface area contributed by atoms with E-state index in [-0.39, 0.29) is 24.0 Å². The van der Waals surface area contributed by atoms with Gasteiger partial charge in [-0.15, -0.1) is 0 Å². The summed E-state index contributed by atoms with van der Waals surface area (Å²) in [5, 5.41) is 0. The highest BCUT2D eigenvalue weighted by molar-refractivity contribution is 5.95. The molecular formula is C22H34N2O3. The molecule has 150 valence electrons. The largest absolute Gasteiger partial charge is 0.444 e. The van der Waals surface area contributed by atoms with E-state index < -0.39 is 5.60 Å². The Bertz CT molecular complexity index is 664. The molecule has 2 rings (SSSR count). The van der Waals surface area contributed by atoms with Crippen molar-refractivity contribution in [2.75, 3.05) is 19.6 Å². The molecule has 0 spiro atoms. The summed E-state index contributed by atoms with van der Waals surface area (Å²) in [6, 6.07) is 7.78. The second-order valence-corrected chi connectivity index (χ2v) is 8.80. The first-order chi connectivity index (χ1) is 12.6. The van der Waals surface area contributed by atoms with Gasteiger partial charge in [0.2, 0.25) is 0 Å². The Kier molecular flexibility index (Phi) is 6.90. The predicted octanol–water partition coefficient (Wildman–Crippen LogP) is 4.49. The number of amides is 2. The Morgan fingerprint density at radius 2 is 1.93 bits per heavy atom. The van der Waals surface area contributed by atoms with E-state index in [0.717, 1.165) is 30.5 Å². The lowest BCUT2D eigenvalue weighted by Crippen LogP contribution is -2.48. The molecule has 0 bridgehead atoms. The number of rotatable bonds is 4. The van der Waals surface area contributed by atoms with E-state index in [4.69, 9.17) is 4.74 Å². The fraction of sp³-hybridized carbons (Fsp3) is 0.636. The van der Waals surface area contributed by atoms with Gasteiger partial charge in [-0.3, -0.25) is 4.79 Å². The highest BCUT2D eigenvalue weighted by Crippen LogP contribution is 2.22. The molecule has 27 heavy (non-hydrogen) atoms. The van der Waals surface area contributed by atoms with Crippen LogP contribution in [0.25, 0.3) is 0 Å². The summed E-state index contributed by atoms with van der Waals surface area (Å²) in [6.45, 7) is 13.7. The zero-order chi connectivity index (χ0) is 20.2. The van der Waals surface area contributed by atoms with Crippen molar-refractivity contribution >= 4 is 12.0 Å². The fourth-order valence-electron chi connectivity index (χ4n) is 3.48. The minimum atomic E-state index is -0.510. The highest BCUT2D eigenvalue weighted by Gasteiger charge is 2.30. The number of ether oxygens (including phenoxy) is 1. The van der Waals surface area contributed by atoms with Crippen LogP contribution in [0.1, 0.15) is 63.4 Å². The lowest BCUT2D eigenvalue weighted by molar-refractivity contribution is 0.0124. The molecule has 0 saturated carbocycles. The topological polar surface area (TPSA) is 49.9 Å². The summed E-state index contributed by atoms with van der Waals surface area (Å²) in [6.07, 6.45) is 1.70. The summed E-state index contributed by atoms with van der Waals surface area (Å²) in [5.74, 6) is 0.354. The third-order valence-electron chi connectivity index (χ3n) is 4.89. The number of nitrogens with zero attached hydrogens (tertiary/aromatic N) is 2. The molecule has 1 aliphatic heterocycles. The van der Waals surface area contributed by atoms with E-state index in [0.29, 0.717) is 13.1 Å². The van der Waals surface area contributed by atoms with Crippen LogP contribution in [0, 0.1) is 12.8 Å². The first-order valence-electron chi connectivity index (χ1n) is 9.93. The lowest BCUT2D eigenvalue weighted by Gasteiger charge is -2.37. The Morgan fingerprint density at radius 3 is 2.52 bits per heavy atom. The van der Waals surface area contributed by atoms with Gasteiger partial charge in [0.1, 0.15) is 5.60 Å². The average Bonchev–Trinajstić information content (AvgIpc) is 2.58. The maximum atomic E-state index is 12.9. The summed E-state index contributed by atoms with van der Waals surface area (Å²) in [5.41, 5.74) is 1.26. The van der Waals surface area contributed by atoms with Gasteiger partial charge < -0.3 is 14.5 Å². The number of likely N-dealkylation sites (tertiary alicyclic amines) is 1. The van der Waals surface area contributed by atoms with Crippen molar-refractivity contribution < 1.29 is 14.3 Å². The zero-order valence-corrected chi connectivity index (χ0v) is 17.6. The van der Waals surface area contributed by atoms with Crippen LogP contribution in [-0.4, -0.2) is 53.1 Å². The minimum absolute atomic E-state index is 0.0577. The van der Waals surface area contributed by atoms with Crippen LogP contribution in [0.4, 0.5) is 4.79 Å². The van der Waals surface area contributed by atoms with Gasteiger partial charge in [0.05, 0.1) is 0 Å². The predicted molar refractivity (Wildman–Crippen MR) is 108 cm³/mol. The van der Waals surface area contributed by atoms with Crippen molar-refractivity contribution in [3.8, 4) is 0 Å². The van der Waals surface area contributed by atoms with E-state index >= 15 is 0 Å². The molecule has 1 aromatic carbocycles. The summed E-state index contributed by atoms with van der Waals surface area (Å²) < 4.78 is 5.57. The monoisotopic (exact) mass is 374 g/mol. The fourth-order valence-corrected chi connectivity index (χ4v) is 3.48. The number of hydrogen-bond acceptors (Lipinski definition) is 3. The highest BCUT2D eigenvalue weighted by atomic mass is 16.6. The van der Waals surface area contributed by atoms with Gasteiger partial charge in [-0.1, -0.05) is 18.2 Å². The molecule has 1 aromatic rings. The van der Waals surface area contributed by atoms with Crippen molar-refractivity contribution in [1.82, 2.24) is 9.80 Å². The molecular weight excluding hydrogens is 340 g/mol. The Balaban J connectivity index is 2.05. The van der Waals surface area contributed by atoms with Gasteiger partial charge in [0.15, 0.2) is 0 Å². The summed E-state index contributed by atoms with van der Waals surface area (Å²) in [7, 11) is 0. The van der Waals surface area contributed by atoms with Crippen molar-refractivity contribution in [1.29, 1.82) is 0 Å². The molecule has 1 atom stereocenters. The van der Waals surface area contributed by atoms with E-state index in [2.05, 4.69) is 0 Å². The first-order valence-corrected chi connectivity index (χ1v) is 9.93. The van der Waals surface area contributed by atoms with E-state index in [1.54, 1.807) is 4.90 Å². The van der Waals surface area contributed by atoms with Crippen molar-refractivity contribution in [3.63, 3.8) is 0 Å². The molecule has 1 aliphatic rings. The van der Waals surface area contributed by atoms with Gasteiger partial charge >= 0.3 is 6.09 Å². The third kappa shape index (κ3) is 5.98. The van der Waals surface area contributed by atoms with Crippen LogP contribution >= 0.6 is 0 Å². The van der Waals surface area contributed by atoms with Crippen LogP contribution in [0.3, 0.4) is 0 Å². The molecule has 0 N–H and O–H groups in total. The Hall–Kier alpha value is -2.04. The molecule has 0 aliphatic carbocycles. The molecule has 0 aromatic heterocycles. The smallest absolute Gasteiger partial charge is 0.410 e.